The van der Waals surface area contributed by atoms with E-state index in [1.54, 1.807) is 0 Å². The minimum absolute atomic E-state index is 0. The van der Waals surface area contributed by atoms with E-state index in [-0.39, 0.29) is 24.0 Å². The fraction of sp³-hybridized carbons (Fsp3) is 0.864. The van der Waals surface area contributed by atoms with Crippen molar-refractivity contribution in [2.45, 2.75) is 85.5 Å². The Balaban J connectivity index is 0.00000480. The number of nitrogens with zero attached hydrogens (tertiary/aromatic N) is 6. The summed E-state index contributed by atoms with van der Waals surface area (Å²) in [6.07, 6.45) is 5.24. The van der Waals surface area contributed by atoms with E-state index in [9.17, 15) is 0 Å². The highest BCUT2D eigenvalue weighted by Gasteiger charge is 2.22. The first-order chi connectivity index (χ1) is 14.5. The van der Waals surface area contributed by atoms with Crippen molar-refractivity contribution in [1.82, 2.24) is 35.2 Å². The lowest BCUT2D eigenvalue weighted by molar-refractivity contribution is 0.178. The minimum atomic E-state index is 0. The van der Waals surface area contributed by atoms with Crippen LogP contribution in [0.5, 0.6) is 0 Å². The maximum Gasteiger partial charge on any atom is 0.191 e. The Morgan fingerprint density at radius 3 is 2.55 bits per heavy atom. The molecule has 0 aromatic carbocycles. The zero-order valence-electron chi connectivity index (χ0n) is 20.5. The molecule has 0 amide bonds. The van der Waals surface area contributed by atoms with Crippen LogP contribution >= 0.6 is 24.0 Å². The van der Waals surface area contributed by atoms with E-state index in [0.29, 0.717) is 18.1 Å². The summed E-state index contributed by atoms with van der Waals surface area (Å²) in [6, 6.07) is 1.65. The Hall–Kier alpha value is -0.940. The van der Waals surface area contributed by atoms with Crippen molar-refractivity contribution in [1.29, 1.82) is 0 Å². The molecule has 1 aromatic heterocycles. The van der Waals surface area contributed by atoms with Gasteiger partial charge in [-0.2, -0.15) is 0 Å². The standard InChI is InChI=1S/C22H44N8.HI/c1-7-21-27-26-17-29(21)14-11-23-22(24-12-15-30(18(3)4)19(5)6)25-16-20-10-9-13-28(20)8-2;/h17-20H,7-16H2,1-6H3,(H2,23,24,25);1H. The Labute approximate surface area is 206 Å². The first-order valence-corrected chi connectivity index (χ1v) is 11.8. The third-order valence-corrected chi connectivity index (χ3v) is 6.01. The lowest BCUT2D eigenvalue weighted by Crippen LogP contribution is -2.46. The highest BCUT2D eigenvalue weighted by molar-refractivity contribution is 14.0. The van der Waals surface area contributed by atoms with Gasteiger partial charge in [0.1, 0.15) is 12.2 Å². The van der Waals surface area contributed by atoms with Gasteiger partial charge in [0.05, 0.1) is 6.54 Å². The first kappa shape index (κ1) is 28.1. The predicted octanol–water partition coefficient (Wildman–Crippen LogP) is 2.60. The summed E-state index contributed by atoms with van der Waals surface area (Å²) in [7, 11) is 0. The fourth-order valence-electron chi connectivity index (χ4n) is 4.34. The second kappa shape index (κ2) is 15.0. The maximum atomic E-state index is 4.95. The van der Waals surface area contributed by atoms with E-state index in [0.717, 1.165) is 57.5 Å². The van der Waals surface area contributed by atoms with Gasteiger partial charge in [-0.15, -0.1) is 34.2 Å². The Kier molecular flexibility index (Phi) is 13.6. The molecule has 180 valence electrons. The molecule has 2 N–H and O–H groups in total. The van der Waals surface area contributed by atoms with Gasteiger partial charge in [-0.1, -0.05) is 13.8 Å². The highest BCUT2D eigenvalue weighted by atomic mass is 127. The number of nitrogens with one attached hydrogen (secondary N) is 2. The number of likely N-dealkylation sites (N-methyl/N-ethyl adjacent to an activating group) is 1. The second-order valence-corrected chi connectivity index (χ2v) is 8.69. The SMILES string of the molecule is CCc1nncn1CCNC(=NCC1CCCN1CC)NCCN(C(C)C)C(C)C.I. The number of aryl methyl sites for hydroxylation is 1. The highest BCUT2D eigenvalue weighted by Crippen LogP contribution is 2.16. The molecule has 8 nitrogen and oxygen atoms in total. The summed E-state index contributed by atoms with van der Waals surface area (Å²) < 4.78 is 2.11. The molecule has 0 saturated carbocycles. The molecular formula is C22H45IN8. The average molecular weight is 549 g/mol. The van der Waals surface area contributed by atoms with E-state index in [1.807, 2.05) is 6.33 Å². The maximum absolute atomic E-state index is 4.95. The van der Waals surface area contributed by atoms with Gasteiger partial charge in [-0.05, 0) is 53.6 Å². The summed E-state index contributed by atoms with van der Waals surface area (Å²) >= 11 is 0. The van der Waals surface area contributed by atoms with Crippen LogP contribution in [-0.4, -0.2) is 87.9 Å². The zero-order valence-corrected chi connectivity index (χ0v) is 22.8. The van der Waals surface area contributed by atoms with Crippen molar-refractivity contribution in [3.05, 3.63) is 12.2 Å². The van der Waals surface area contributed by atoms with Gasteiger partial charge in [-0.3, -0.25) is 14.8 Å². The van der Waals surface area contributed by atoms with E-state index in [2.05, 4.69) is 76.7 Å². The molecule has 1 aromatic rings. The smallest absolute Gasteiger partial charge is 0.191 e. The van der Waals surface area contributed by atoms with Crippen molar-refractivity contribution in [2.24, 2.45) is 4.99 Å². The number of halogens is 1. The van der Waals surface area contributed by atoms with Gasteiger partial charge >= 0.3 is 0 Å². The summed E-state index contributed by atoms with van der Waals surface area (Å²) in [6.45, 7) is 20.1. The molecule has 2 rings (SSSR count). The first-order valence-electron chi connectivity index (χ1n) is 11.8. The van der Waals surface area contributed by atoms with Crippen LogP contribution in [0.3, 0.4) is 0 Å². The number of hydrogen-bond donors (Lipinski definition) is 2. The molecule has 1 atom stereocenters. The molecule has 1 fully saturated rings. The van der Waals surface area contributed by atoms with E-state index >= 15 is 0 Å². The summed E-state index contributed by atoms with van der Waals surface area (Å²) in [5.41, 5.74) is 0. The fourth-order valence-corrected chi connectivity index (χ4v) is 4.34. The Bertz CT molecular complexity index is 623. The molecule has 0 radical (unpaired) electrons. The molecule has 1 unspecified atom stereocenters. The van der Waals surface area contributed by atoms with Crippen LogP contribution in [-0.2, 0) is 13.0 Å². The normalized spacial score (nSPS) is 17.6. The van der Waals surface area contributed by atoms with Crippen molar-refractivity contribution in [2.75, 3.05) is 39.3 Å². The Morgan fingerprint density at radius 2 is 1.90 bits per heavy atom. The quantitative estimate of drug-likeness (QED) is 0.238. The van der Waals surface area contributed by atoms with Gasteiger partial charge in [0.25, 0.3) is 0 Å². The van der Waals surface area contributed by atoms with Crippen LogP contribution in [0, 0.1) is 0 Å². The predicted molar refractivity (Wildman–Crippen MR) is 140 cm³/mol. The summed E-state index contributed by atoms with van der Waals surface area (Å²) in [5, 5.41) is 15.3. The van der Waals surface area contributed by atoms with Gasteiger partial charge in [0.2, 0.25) is 0 Å². The molecule has 0 bridgehead atoms. The number of aromatic nitrogens is 3. The Morgan fingerprint density at radius 1 is 1.19 bits per heavy atom. The number of aliphatic imine (C=N–C) groups is 1. The van der Waals surface area contributed by atoms with E-state index in [4.69, 9.17) is 4.99 Å². The third-order valence-electron chi connectivity index (χ3n) is 6.01. The monoisotopic (exact) mass is 548 g/mol. The number of likely N-dealkylation sites (tertiary alicyclic amines) is 1. The summed E-state index contributed by atoms with van der Waals surface area (Å²) in [4.78, 5) is 10.00. The van der Waals surface area contributed by atoms with Gasteiger partial charge in [-0.25, -0.2) is 0 Å². The average Bonchev–Trinajstić information content (AvgIpc) is 3.36. The number of guanidine groups is 1. The van der Waals surface area contributed by atoms with Crippen LogP contribution < -0.4 is 10.6 Å². The van der Waals surface area contributed by atoms with Crippen molar-refractivity contribution < 1.29 is 0 Å². The third kappa shape index (κ3) is 9.21. The molecule has 1 aliphatic rings. The van der Waals surface area contributed by atoms with Gasteiger partial charge in [0, 0.05) is 50.7 Å². The van der Waals surface area contributed by atoms with Crippen molar-refractivity contribution in [3.63, 3.8) is 0 Å². The van der Waals surface area contributed by atoms with Crippen LogP contribution in [0.1, 0.15) is 60.2 Å². The van der Waals surface area contributed by atoms with Crippen LogP contribution in [0.15, 0.2) is 11.3 Å². The molecule has 1 aliphatic heterocycles. The largest absolute Gasteiger partial charge is 0.355 e. The summed E-state index contributed by atoms with van der Waals surface area (Å²) in [5.74, 6) is 1.94. The molecule has 0 spiro atoms. The zero-order chi connectivity index (χ0) is 21.9. The molecular weight excluding hydrogens is 503 g/mol. The number of hydrogen-bond acceptors (Lipinski definition) is 5. The van der Waals surface area contributed by atoms with E-state index < -0.39 is 0 Å². The number of rotatable bonds is 12. The van der Waals surface area contributed by atoms with Crippen LogP contribution in [0.4, 0.5) is 0 Å². The minimum Gasteiger partial charge on any atom is -0.355 e. The van der Waals surface area contributed by atoms with Gasteiger partial charge in [0.15, 0.2) is 5.96 Å². The van der Waals surface area contributed by atoms with Crippen LogP contribution in [0.2, 0.25) is 0 Å². The van der Waals surface area contributed by atoms with Crippen molar-refractivity contribution in [3.8, 4) is 0 Å². The van der Waals surface area contributed by atoms with Crippen molar-refractivity contribution >= 4 is 29.9 Å². The lowest BCUT2D eigenvalue weighted by Gasteiger charge is -2.30. The van der Waals surface area contributed by atoms with Crippen LogP contribution in [0.25, 0.3) is 0 Å². The van der Waals surface area contributed by atoms with E-state index in [1.165, 1.54) is 19.4 Å². The van der Waals surface area contributed by atoms with Gasteiger partial charge < -0.3 is 15.2 Å². The second-order valence-electron chi connectivity index (χ2n) is 8.69. The molecule has 2 heterocycles. The lowest BCUT2D eigenvalue weighted by atomic mass is 10.2. The molecule has 31 heavy (non-hydrogen) atoms. The molecule has 1 saturated heterocycles. The molecule has 0 aliphatic carbocycles. The molecule has 9 heteroatoms. The topological polar surface area (TPSA) is 73.6 Å².